The van der Waals surface area contributed by atoms with E-state index in [1.807, 2.05) is 12.1 Å². The zero-order valence-corrected chi connectivity index (χ0v) is 14.6. The molecule has 130 valence electrons. The van der Waals surface area contributed by atoms with Gasteiger partial charge in [-0.25, -0.2) is 13.5 Å². The van der Waals surface area contributed by atoms with E-state index in [9.17, 15) is 8.78 Å². The van der Waals surface area contributed by atoms with E-state index in [2.05, 4.69) is 48.1 Å². The maximum absolute atomic E-state index is 13.3. The van der Waals surface area contributed by atoms with Crippen LogP contribution in [-0.4, -0.2) is 21.5 Å². The zero-order chi connectivity index (χ0) is 17.5. The summed E-state index contributed by atoms with van der Waals surface area (Å²) in [5, 5.41) is 7.77. The minimum absolute atomic E-state index is 0.0923. The third-order valence-corrected chi connectivity index (χ3v) is 4.96. The molecule has 0 aliphatic carbocycles. The summed E-state index contributed by atoms with van der Waals surface area (Å²) in [6, 6.07) is 8.22. The summed E-state index contributed by atoms with van der Waals surface area (Å²) in [4.78, 5) is 2.17. The summed E-state index contributed by atoms with van der Waals surface area (Å²) >= 11 is 0. The minimum atomic E-state index is -2.57. The van der Waals surface area contributed by atoms with Crippen molar-refractivity contribution in [3.63, 3.8) is 0 Å². The molecule has 0 spiro atoms. The third kappa shape index (κ3) is 3.14. The van der Waals surface area contributed by atoms with Crippen LogP contribution in [0.25, 0.3) is 0 Å². The highest BCUT2D eigenvalue weighted by molar-refractivity contribution is 5.56. The molecule has 4 nitrogen and oxygen atoms in total. The fourth-order valence-electron chi connectivity index (χ4n) is 3.38. The van der Waals surface area contributed by atoms with Crippen molar-refractivity contribution in [3.05, 3.63) is 41.2 Å². The Labute approximate surface area is 141 Å². The first-order valence-electron chi connectivity index (χ1n) is 8.27. The van der Waals surface area contributed by atoms with Crippen molar-refractivity contribution in [3.8, 4) is 0 Å². The van der Waals surface area contributed by atoms with Gasteiger partial charge in [0.1, 0.15) is 11.4 Å². The molecule has 1 aliphatic heterocycles. The molecule has 1 aliphatic rings. The molecule has 1 aromatic heterocycles. The van der Waals surface area contributed by atoms with E-state index in [-0.39, 0.29) is 11.1 Å². The van der Waals surface area contributed by atoms with E-state index in [1.165, 1.54) is 17.3 Å². The van der Waals surface area contributed by atoms with Crippen molar-refractivity contribution in [2.45, 2.75) is 40.2 Å². The lowest BCUT2D eigenvalue weighted by molar-refractivity contribution is 0.139. The van der Waals surface area contributed by atoms with E-state index in [1.54, 1.807) is 0 Å². The van der Waals surface area contributed by atoms with Crippen LogP contribution in [0.2, 0.25) is 0 Å². The van der Waals surface area contributed by atoms with Gasteiger partial charge in [0.2, 0.25) is 0 Å². The van der Waals surface area contributed by atoms with E-state index in [0.29, 0.717) is 18.2 Å². The SMILES string of the molecule is Cn1nnc(CN2CC(C(C)(C)C)Cc3ccccc32)c1C(F)F. The van der Waals surface area contributed by atoms with Gasteiger partial charge in [-0.05, 0) is 29.4 Å². The zero-order valence-electron chi connectivity index (χ0n) is 14.6. The number of aryl methyl sites for hydroxylation is 1. The summed E-state index contributed by atoms with van der Waals surface area (Å²) < 4.78 is 27.8. The van der Waals surface area contributed by atoms with Crippen molar-refractivity contribution >= 4 is 5.69 Å². The van der Waals surface area contributed by atoms with Crippen molar-refractivity contribution in [2.75, 3.05) is 11.4 Å². The first-order valence-corrected chi connectivity index (χ1v) is 8.27. The maximum Gasteiger partial charge on any atom is 0.281 e. The van der Waals surface area contributed by atoms with Gasteiger partial charge in [0.15, 0.2) is 0 Å². The summed E-state index contributed by atoms with van der Waals surface area (Å²) in [5.74, 6) is 0.457. The maximum atomic E-state index is 13.3. The number of para-hydroxylation sites is 1. The summed E-state index contributed by atoms with van der Waals surface area (Å²) in [7, 11) is 1.51. The molecule has 0 saturated carbocycles. The van der Waals surface area contributed by atoms with Gasteiger partial charge in [-0.15, -0.1) is 5.10 Å². The Morgan fingerprint density at radius 3 is 2.62 bits per heavy atom. The standard InChI is InChI=1S/C18H24F2N4/c1-18(2,3)13-9-12-7-5-6-8-15(12)24(10-13)11-14-16(17(19)20)23(4)22-21-14/h5-8,13,17H,9-11H2,1-4H3. The van der Waals surface area contributed by atoms with Crippen LogP contribution in [0.4, 0.5) is 14.5 Å². The lowest BCUT2D eigenvalue weighted by Crippen LogP contribution is -2.40. The largest absolute Gasteiger partial charge is 0.365 e. The molecular formula is C18H24F2N4. The molecule has 24 heavy (non-hydrogen) atoms. The second kappa shape index (κ2) is 6.15. The number of anilines is 1. The lowest BCUT2D eigenvalue weighted by atomic mass is 9.75. The Bertz CT molecular complexity index is 718. The Morgan fingerprint density at radius 1 is 1.25 bits per heavy atom. The monoisotopic (exact) mass is 334 g/mol. The average Bonchev–Trinajstić information content (AvgIpc) is 2.87. The molecule has 1 unspecified atom stereocenters. The molecule has 1 aromatic carbocycles. The summed E-state index contributed by atoms with van der Waals surface area (Å²) in [5.41, 5.74) is 2.80. The quantitative estimate of drug-likeness (QED) is 0.851. The van der Waals surface area contributed by atoms with Gasteiger partial charge < -0.3 is 4.90 Å². The normalized spacial score (nSPS) is 18.1. The summed E-state index contributed by atoms with van der Waals surface area (Å²) in [6.07, 6.45) is -1.56. The van der Waals surface area contributed by atoms with Crippen molar-refractivity contribution in [1.29, 1.82) is 0 Å². The van der Waals surface area contributed by atoms with Gasteiger partial charge in [0, 0.05) is 19.3 Å². The Kier molecular flexibility index (Phi) is 4.32. The minimum Gasteiger partial charge on any atom is -0.365 e. The first kappa shape index (κ1) is 16.9. The molecule has 0 saturated heterocycles. The van der Waals surface area contributed by atoms with Crippen LogP contribution in [0.5, 0.6) is 0 Å². The smallest absolute Gasteiger partial charge is 0.281 e. The van der Waals surface area contributed by atoms with Crippen molar-refractivity contribution < 1.29 is 8.78 Å². The highest BCUT2D eigenvalue weighted by Crippen LogP contribution is 2.38. The number of nitrogens with zero attached hydrogens (tertiary/aromatic N) is 4. The van der Waals surface area contributed by atoms with Gasteiger partial charge >= 0.3 is 0 Å². The molecule has 2 heterocycles. The van der Waals surface area contributed by atoms with Gasteiger partial charge in [0.05, 0.1) is 6.54 Å². The van der Waals surface area contributed by atoms with E-state index in [4.69, 9.17) is 0 Å². The number of fused-ring (bicyclic) bond motifs is 1. The van der Waals surface area contributed by atoms with Gasteiger partial charge in [-0.1, -0.05) is 44.2 Å². The molecule has 0 bridgehead atoms. The molecular weight excluding hydrogens is 310 g/mol. The van der Waals surface area contributed by atoms with Gasteiger partial charge in [0.25, 0.3) is 6.43 Å². The van der Waals surface area contributed by atoms with Crippen LogP contribution >= 0.6 is 0 Å². The topological polar surface area (TPSA) is 34.0 Å². The molecule has 3 rings (SSSR count). The number of hydrogen-bond donors (Lipinski definition) is 0. The van der Waals surface area contributed by atoms with Crippen molar-refractivity contribution in [2.24, 2.45) is 18.4 Å². The molecule has 0 radical (unpaired) electrons. The second-order valence-electron chi connectivity index (χ2n) is 7.62. The first-order chi connectivity index (χ1) is 11.3. The lowest BCUT2D eigenvalue weighted by Gasteiger charge is -2.41. The molecule has 0 amide bonds. The van der Waals surface area contributed by atoms with Crippen LogP contribution in [0.1, 0.15) is 44.1 Å². The number of alkyl halides is 2. The van der Waals surface area contributed by atoms with E-state index >= 15 is 0 Å². The fraction of sp³-hybridized carbons (Fsp3) is 0.556. The Morgan fingerprint density at radius 2 is 1.96 bits per heavy atom. The predicted molar refractivity (Wildman–Crippen MR) is 90.1 cm³/mol. The van der Waals surface area contributed by atoms with Gasteiger partial charge in [-0.3, -0.25) is 0 Å². The highest BCUT2D eigenvalue weighted by Gasteiger charge is 2.33. The summed E-state index contributed by atoms with van der Waals surface area (Å²) in [6.45, 7) is 7.89. The fourth-order valence-corrected chi connectivity index (χ4v) is 3.38. The van der Waals surface area contributed by atoms with Crippen LogP contribution in [-0.2, 0) is 20.0 Å². The Hall–Kier alpha value is -1.98. The molecule has 0 N–H and O–H groups in total. The van der Waals surface area contributed by atoms with E-state index in [0.717, 1.165) is 18.7 Å². The van der Waals surface area contributed by atoms with Crippen LogP contribution in [0.15, 0.2) is 24.3 Å². The van der Waals surface area contributed by atoms with E-state index < -0.39 is 6.43 Å². The predicted octanol–water partition coefficient (Wildman–Crippen LogP) is 3.98. The number of hydrogen-bond acceptors (Lipinski definition) is 3. The van der Waals surface area contributed by atoms with Crippen molar-refractivity contribution in [1.82, 2.24) is 15.0 Å². The Balaban J connectivity index is 1.95. The third-order valence-electron chi connectivity index (χ3n) is 4.96. The van der Waals surface area contributed by atoms with Crippen LogP contribution < -0.4 is 4.90 Å². The highest BCUT2D eigenvalue weighted by atomic mass is 19.3. The number of benzene rings is 1. The number of aromatic nitrogens is 3. The second-order valence-corrected chi connectivity index (χ2v) is 7.62. The molecule has 0 fully saturated rings. The van der Waals surface area contributed by atoms with Crippen LogP contribution in [0, 0.1) is 11.3 Å². The number of halogens is 2. The van der Waals surface area contributed by atoms with Gasteiger partial charge in [-0.2, -0.15) is 0 Å². The molecule has 2 aromatic rings. The molecule has 6 heteroatoms. The molecule has 1 atom stereocenters. The number of rotatable bonds is 3. The van der Waals surface area contributed by atoms with Crippen LogP contribution in [0.3, 0.4) is 0 Å². The average molecular weight is 334 g/mol.